The van der Waals surface area contributed by atoms with E-state index in [1.54, 1.807) is 0 Å². The Bertz CT molecular complexity index is 503. The number of ether oxygens (including phenoxy) is 1. The number of thiophene rings is 1. The van der Waals surface area contributed by atoms with E-state index >= 15 is 0 Å². The standard InChI is InChI=1S/C15H17NOS/c1-12-4-2-5-13(8-12)17-14-9-16(10-14)11-15-6-3-7-18-15/h2-8,14H,9-11H2,1H3. The highest BCUT2D eigenvalue weighted by Crippen LogP contribution is 2.21. The molecule has 0 saturated carbocycles. The number of hydrogen-bond acceptors (Lipinski definition) is 3. The number of likely N-dealkylation sites (tertiary alicyclic amines) is 1. The molecule has 1 fully saturated rings. The molecule has 2 heterocycles. The molecule has 18 heavy (non-hydrogen) atoms. The first-order valence-electron chi connectivity index (χ1n) is 6.28. The highest BCUT2D eigenvalue weighted by atomic mass is 32.1. The lowest BCUT2D eigenvalue weighted by molar-refractivity contribution is 0.0152. The Morgan fingerprint density at radius 1 is 1.28 bits per heavy atom. The molecule has 1 aliphatic rings. The topological polar surface area (TPSA) is 12.5 Å². The van der Waals surface area contributed by atoms with Crippen LogP contribution in [-0.4, -0.2) is 24.1 Å². The molecule has 1 aromatic carbocycles. The van der Waals surface area contributed by atoms with Crippen LogP contribution in [-0.2, 0) is 6.54 Å². The quantitative estimate of drug-likeness (QED) is 0.835. The molecule has 2 aromatic rings. The van der Waals surface area contributed by atoms with Crippen LogP contribution in [0.2, 0.25) is 0 Å². The molecule has 94 valence electrons. The zero-order valence-electron chi connectivity index (χ0n) is 10.5. The van der Waals surface area contributed by atoms with E-state index in [2.05, 4.69) is 41.5 Å². The summed E-state index contributed by atoms with van der Waals surface area (Å²) in [6.07, 6.45) is 0.353. The second kappa shape index (κ2) is 5.12. The van der Waals surface area contributed by atoms with Crippen LogP contribution in [0.3, 0.4) is 0 Å². The molecule has 0 bridgehead atoms. The van der Waals surface area contributed by atoms with Crippen LogP contribution in [0.15, 0.2) is 41.8 Å². The lowest BCUT2D eigenvalue weighted by Crippen LogP contribution is -2.52. The summed E-state index contributed by atoms with van der Waals surface area (Å²) >= 11 is 1.83. The van der Waals surface area contributed by atoms with Crippen molar-refractivity contribution in [3.8, 4) is 5.75 Å². The third kappa shape index (κ3) is 2.74. The van der Waals surface area contributed by atoms with Gasteiger partial charge in [-0.05, 0) is 36.1 Å². The van der Waals surface area contributed by atoms with Gasteiger partial charge in [-0.2, -0.15) is 0 Å². The average molecular weight is 259 g/mol. The van der Waals surface area contributed by atoms with Gasteiger partial charge in [0.25, 0.3) is 0 Å². The fourth-order valence-electron chi connectivity index (χ4n) is 2.23. The van der Waals surface area contributed by atoms with Crippen molar-refractivity contribution in [2.75, 3.05) is 13.1 Å². The van der Waals surface area contributed by atoms with Crippen molar-refractivity contribution in [3.05, 3.63) is 52.2 Å². The SMILES string of the molecule is Cc1cccc(OC2CN(Cc3cccs3)C2)c1. The molecule has 0 radical (unpaired) electrons. The summed E-state index contributed by atoms with van der Waals surface area (Å²) in [5, 5.41) is 2.13. The maximum absolute atomic E-state index is 5.94. The highest BCUT2D eigenvalue weighted by molar-refractivity contribution is 7.09. The minimum absolute atomic E-state index is 0.353. The Morgan fingerprint density at radius 3 is 2.89 bits per heavy atom. The molecule has 1 aromatic heterocycles. The number of rotatable bonds is 4. The monoisotopic (exact) mass is 259 g/mol. The van der Waals surface area contributed by atoms with Crippen molar-refractivity contribution in [1.82, 2.24) is 4.90 Å². The van der Waals surface area contributed by atoms with E-state index in [1.165, 1.54) is 10.4 Å². The molecular formula is C15H17NOS. The van der Waals surface area contributed by atoms with E-state index in [-0.39, 0.29) is 0 Å². The molecule has 0 spiro atoms. The molecule has 0 amide bonds. The fourth-order valence-corrected chi connectivity index (χ4v) is 2.98. The van der Waals surface area contributed by atoms with Crippen LogP contribution < -0.4 is 4.74 Å². The molecule has 2 nitrogen and oxygen atoms in total. The van der Waals surface area contributed by atoms with Gasteiger partial charge in [-0.1, -0.05) is 18.2 Å². The van der Waals surface area contributed by atoms with Crippen LogP contribution in [0.5, 0.6) is 5.75 Å². The second-order valence-corrected chi connectivity index (χ2v) is 5.86. The number of nitrogens with zero attached hydrogens (tertiary/aromatic N) is 1. The molecule has 3 heteroatoms. The molecule has 0 N–H and O–H groups in total. The van der Waals surface area contributed by atoms with Crippen molar-refractivity contribution in [1.29, 1.82) is 0 Å². The largest absolute Gasteiger partial charge is 0.488 e. The van der Waals surface area contributed by atoms with Crippen molar-refractivity contribution in [3.63, 3.8) is 0 Å². The van der Waals surface area contributed by atoms with Gasteiger partial charge in [-0.15, -0.1) is 11.3 Å². The summed E-state index contributed by atoms with van der Waals surface area (Å²) in [6, 6.07) is 12.6. The van der Waals surface area contributed by atoms with Crippen molar-refractivity contribution in [2.45, 2.75) is 19.6 Å². The number of benzene rings is 1. The Hall–Kier alpha value is -1.32. The van der Waals surface area contributed by atoms with Gasteiger partial charge in [0.15, 0.2) is 0 Å². The highest BCUT2D eigenvalue weighted by Gasteiger charge is 2.28. The Labute approximate surface area is 112 Å². The number of aryl methyl sites for hydroxylation is 1. The van der Waals surface area contributed by atoms with Crippen LogP contribution in [0.25, 0.3) is 0 Å². The first-order chi connectivity index (χ1) is 8.79. The first-order valence-corrected chi connectivity index (χ1v) is 7.15. The summed E-state index contributed by atoms with van der Waals surface area (Å²) in [7, 11) is 0. The Kier molecular flexibility index (Phi) is 3.35. The summed E-state index contributed by atoms with van der Waals surface area (Å²) in [6.45, 7) is 5.22. The molecule has 1 saturated heterocycles. The normalized spacial score (nSPS) is 16.5. The second-order valence-electron chi connectivity index (χ2n) is 4.83. The maximum atomic E-state index is 5.94. The van der Waals surface area contributed by atoms with Gasteiger partial charge >= 0.3 is 0 Å². The van der Waals surface area contributed by atoms with Gasteiger partial charge in [0.05, 0.1) is 0 Å². The fraction of sp³-hybridized carbons (Fsp3) is 0.333. The molecule has 3 rings (SSSR count). The van der Waals surface area contributed by atoms with Crippen LogP contribution >= 0.6 is 11.3 Å². The summed E-state index contributed by atoms with van der Waals surface area (Å²) in [5.41, 5.74) is 1.25. The van der Waals surface area contributed by atoms with Gasteiger partial charge in [-0.3, -0.25) is 4.90 Å². The van der Waals surface area contributed by atoms with Crippen molar-refractivity contribution in [2.24, 2.45) is 0 Å². The summed E-state index contributed by atoms with van der Waals surface area (Å²) < 4.78 is 5.94. The van der Waals surface area contributed by atoms with Crippen LogP contribution in [0.4, 0.5) is 0 Å². The van der Waals surface area contributed by atoms with Gasteiger partial charge in [-0.25, -0.2) is 0 Å². The lowest BCUT2D eigenvalue weighted by Gasteiger charge is -2.38. The van der Waals surface area contributed by atoms with Crippen molar-refractivity contribution < 1.29 is 4.74 Å². The minimum Gasteiger partial charge on any atom is -0.488 e. The maximum Gasteiger partial charge on any atom is 0.124 e. The Morgan fingerprint density at radius 2 is 2.17 bits per heavy atom. The van der Waals surface area contributed by atoms with Gasteiger partial charge < -0.3 is 4.74 Å². The third-order valence-corrected chi connectivity index (χ3v) is 4.04. The predicted molar refractivity (Wildman–Crippen MR) is 75.2 cm³/mol. The average Bonchev–Trinajstić information content (AvgIpc) is 2.79. The van der Waals surface area contributed by atoms with E-state index in [9.17, 15) is 0 Å². The molecule has 0 unspecified atom stereocenters. The smallest absolute Gasteiger partial charge is 0.124 e. The van der Waals surface area contributed by atoms with Crippen molar-refractivity contribution >= 4 is 11.3 Å². The van der Waals surface area contributed by atoms with E-state index in [1.807, 2.05) is 23.5 Å². The van der Waals surface area contributed by atoms with E-state index in [0.29, 0.717) is 6.10 Å². The first kappa shape index (κ1) is 11.8. The minimum atomic E-state index is 0.353. The Balaban J connectivity index is 1.48. The van der Waals surface area contributed by atoms with E-state index in [0.717, 1.165) is 25.4 Å². The van der Waals surface area contributed by atoms with Gasteiger partial charge in [0, 0.05) is 24.5 Å². The molecular weight excluding hydrogens is 242 g/mol. The molecule has 0 aliphatic carbocycles. The van der Waals surface area contributed by atoms with E-state index < -0.39 is 0 Å². The zero-order chi connectivity index (χ0) is 12.4. The summed E-state index contributed by atoms with van der Waals surface area (Å²) in [5.74, 6) is 0.996. The number of hydrogen-bond donors (Lipinski definition) is 0. The van der Waals surface area contributed by atoms with E-state index in [4.69, 9.17) is 4.74 Å². The molecule has 1 aliphatic heterocycles. The predicted octanol–water partition coefficient (Wildman–Crippen LogP) is 3.32. The van der Waals surface area contributed by atoms with Gasteiger partial charge in [0.2, 0.25) is 0 Å². The third-order valence-electron chi connectivity index (χ3n) is 3.18. The lowest BCUT2D eigenvalue weighted by atomic mass is 10.1. The molecule has 0 atom stereocenters. The van der Waals surface area contributed by atoms with Crippen LogP contribution in [0.1, 0.15) is 10.4 Å². The van der Waals surface area contributed by atoms with Gasteiger partial charge in [0.1, 0.15) is 11.9 Å². The van der Waals surface area contributed by atoms with Crippen LogP contribution in [0, 0.1) is 6.92 Å². The summed E-state index contributed by atoms with van der Waals surface area (Å²) in [4.78, 5) is 3.86. The zero-order valence-corrected chi connectivity index (χ0v) is 11.3.